The summed E-state index contributed by atoms with van der Waals surface area (Å²) in [6.07, 6.45) is 3.87. The molecule has 2 aromatic heterocycles. The number of hydrogen-bond donors (Lipinski definition) is 1. The fraction of sp³-hybridized carbons (Fsp3) is 0.393. The van der Waals surface area contributed by atoms with Crippen molar-refractivity contribution in [2.45, 2.75) is 59.0 Å². The summed E-state index contributed by atoms with van der Waals surface area (Å²) >= 11 is 1.32. The van der Waals surface area contributed by atoms with Crippen LogP contribution in [0.3, 0.4) is 0 Å². The molecule has 36 heavy (non-hydrogen) atoms. The average molecular weight is 507 g/mol. The molecule has 0 spiro atoms. The molecule has 1 N–H and O–H groups in total. The Bertz CT molecular complexity index is 1470. The Morgan fingerprint density at radius 3 is 2.81 bits per heavy atom. The minimum Gasteiger partial charge on any atom is -0.872 e. The number of fused-ring (bicyclic) bond motifs is 2. The number of carbonyl (C=O) groups excluding carboxylic acids is 1. The summed E-state index contributed by atoms with van der Waals surface area (Å²) in [6, 6.07) is 9.59. The van der Waals surface area contributed by atoms with Gasteiger partial charge < -0.3 is 19.2 Å². The molecule has 8 heteroatoms. The number of esters is 1. The van der Waals surface area contributed by atoms with Crippen LogP contribution in [0.25, 0.3) is 31.8 Å². The number of benzene rings is 2. The van der Waals surface area contributed by atoms with Gasteiger partial charge in [-0.3, -0.25) is 4.79 Å². The van der Waals surface area contributed by atoms with E-state index in [-0.39, 0.29) is 34.7 Å². The van der Waals surface area contributed by atoms with Gasteiger partial charge in [-0.2, -0.15) is 0 Å². The molecule has 0 radical (unpaired) electrons. The van der Waals surface area contributed by atoms with Gasteiger partial charge in [0.15, 0.2) is 0 Å². The van der Waals surface area contributed by atoms with Crippen LogP contribution in [0.2, 0.25) is 0 Å². The van der Waals surface area contributed by atoms with E-state index < -0.39 is 5.97 Å². The first-order valence-electron chi connectivity index (χ1n) is 12.6. The lowest BCUT2D eigenvalue weighted by atomic mass is 9.98. The fourth-order valence-corrected chi connectivity index (χ4v) is 6.13. The van der Waals surface area contributed by atoms with Gasteiger partial charge in [0.1, 0.15) is 22.7 Å². The van der Waals surface area contributed by atoms with Crippen LogP contribution in [0.5, 0.6) is 5.75 Å². The lowest BCUT2D eigenvalue weighted by Gasteiger charge is -2.32. The Morgan fingerprint density at radius 2 is 2.08 bits per heavy atom. The number of quaternary nitrogens is 1. The van der Waals surface area contributed by atoms with Crippen LogP contribution >= 0.6 is 11.3 Å². The molecule has 1 fully saturated rings. The van der Waals surface area contributed by atoms with Gasteiger partial charge >= 0.3 is 5.97 Å². The van der Waals surface area contributed by atoms with Gasteiger partial charge in [0.2, 0.25) is 11.2 Å². The topological polar surface area (TPSA) is 96.9 Å². The van der Waals surface area contributed by atoms with Crippen molar-refractivity contribution in [3.05, 3.63) is 57.4 Å². The fourth-order valence-electron chi connectivity index (χ4n) is 5.12. The molecule has 2 unspecified atom stereocenters. The zero-order valence-corrected chi connectivity index (χ0v) is 21.6. The maximum Gasteiger partial charge on any atom is 0.375 e. The highest BCUT2D eigenvalue weighted by Gasteiger charge is 2.29. The number of piperidine rings is 1. The highest BCUT2D eigenvalue weighted by Crippen LogP contribution is 2.35. The number of rotatable bonds is 6. The molecule has 0 saturated carbocycles. The minimum absolute atomic E-state index is 0.0903. The monoisotopic (exact) mass is 506 g/mol. The Balaban J connectivity index is 1.79. The Kier molecular flexibility index (Phi) is 6.81. The number of nitrogens with one attached hydrogen (secondary N) is 1. The van der Waals surface area contributed by atoms with Gasteiger partial charge in [0, 0.05) is 5.56 Å². The number of aryl methyl sites for hydroxylation is 1. The summed E-state index contributed by atoms with van der Waals surface area (Å²) in [7, 11) is 0. The number of nitrogens with zero attached hydrogens (tertiary/aromatic N) is 1. The number of aromatic nitrogens is 1. The molecule has 1 saturated heterocycles. The molecule has 188 valence electrons. The third kappa shape index (κ3) is 4.29. The number of thiazole rings is 1. The summed E-state index contributed by atoms with van der Waals surface area (Å²) in [5.41, 5.74) is 1.70. The molecular weight excluding hydrogens is 476 g/mol. The van der Waals surface area contributed by atoms with Crippen molar-refractivity contribution >= 4 is 38.5 Å². The third-order valence-corrected chi connectivity index (χ3v) is 8.20. The number of ether oxygens (including phenoxy) is 1. The minimum atomic E-state index is -0.734. The predicted octanol–water partition coefficient (Wildman–Crippen LogP) is 3.84. The highest BCUT2D eigenvalue weighted by atomic mass is 32.1. The Hall–Kier alpha value is -3.23. The van der Waals surface area contributed by atoms with Crippen molar-refractivity contribution in [1.29, 1.82) is 0 Å². The molecule has 0 bridgehead atoms. The van der Waals surface area contributed by atoms with Gasteiger partial charge in [-0.15, -0.1) is 11.3 Å². The van der Waals surface area contributed by atoms with Crippen LogP contribution in [0.1, 0.15) is 61.7 Å². The van der Waals surface area contributed by atoms with Crippen molar-refractivity contribution in [1.82, 2.24) is 4.98 Å². The summed E-state index contributed by atoms with van der Waals surface area (Å²) < 4.78 is 12.4. The second-order valence-electron chi connectivity index (χ2n) is 9.40. The van der Waals surface area contributed by atoms with Gasteiger partial charge in [0.25, 0.3) is 0 Å². The smallest absolute Gasteiger partial charge is 0.375 e. The maximum absolute atomic E-state index is 14.0. The number of likely N-dealkylation sites (tertiary alicyclic amines) is 1. The van der Waals surface area contributed by atoms with E-state index in [9.17, 15) is 14.7 Å². The maximum atomic E-state index is 14.0. The van der Waals surface area contributed by atoms with Crippen molar-refractivity contribution in [2.24, 2.45) is 0 Å². The molecule has 2 atom stereocenters. The summed E-state index contributed by atoms with van der Waals surface area (Å²) in [5.74, 6) is -1.04. The second-order valence-corrected chi connectivity index (χ2v) is 10.4. The third-order valence-electron chi connectivity index (χ3n) is 7.14. The molecule has 7 nitrogen and oxygen atoms in total. The number of carbonyl (C=O) groups is 1. The molecule has 3 heterocycles. The van der Waals surface area contributed by atoms with Crippen molar-refractivity contribution in [3.8, 4) is 16.3 Å². The van der Waals surface area contributed by atoms with Gasteiger partial charge in [-0.25, -0.2) is 9.78 Å². The van der Waals surface area contributed by atoms with Crippen LogP contribution in [0, 0.1) is 0 Å². The zero-order chi connectivity index (χ0) is 25.4. The van der Waals surface area contributed by atoms with Crippen LogP contribution in [-0.4, -0.2) is 30.1 Å². The first-order chi connectivity index (χ1) is 17.4. The van der Waals surface area contributed by atoms with Gasteiger partial charge in [-0.05, 0) is 57.7 Å². The normalized spacial score (nSPS) is 18.1. The lowest BCUT2D eigenvalue weighted by molar-refractivity contribution is -0.941. The van der Waals surface area contributed by atoms with E-state index >= 15 is 0 Å². The summed E-state index contributed by atoms with van der Waals surface area (Å²) in [6.45, 7) is 7.34. The molecule has 1 aliphatic heterocycles. The van der Waals surface area contributed by atoms with E-state index in [0.717, 1.165) is 29.6 Å². The van der Waals surface area contributed by atoms with Crippen molar-refractivity contribution in [3.63, 3.8) is 0 Å². The van der Waals surface area contributed by atoms with Gasteiger partial charge in [-0.1, -0.05) is 30.4 Å². The van der Waals surface area contributed by atoms with Crippen LogP contribution < -0.4 is 15.4 Å². The van der Waals surface area contributed by atoms with Crippen LogP contribution in [0.4, 0.5) is 0 Å². The predicted molar refractivity (Wildman–Crippen MR) is 139 cm³/mol. The highest BCUT2D eigenvalue weighted by molar-refractivity contribution is 7.21. The zero-order valence-electron chi connectivity index (χ0n) is 20.8. The largest absolute Gasteiger partial charge is 0.872 e. The molecule has 5 rings (SSSR count). The first kappa shape index (κ1) is 24.5. The molecule has 0 aliphatic carbocycles. The first-order valence-corrected chi connectivity index (χ1v) is 13.4. The molecule has 1 aliphatic rings. The van der Waals surface area contributed by atoms with E-state index in [1.165, 1.54) is 22.7 Å². The standard InChI is InChI=1S/C28H30N2O5S/c1-4-17-14-18-24(32)22(27-29-20-11-6-7-12-21(20)36-27)26(28(33)34-5-2)35-25(18)19(23(17)31)15-30-13-9-8-10-16(30)3/h6-7,11-12,14,16,31H,4-5,8-10,13,15H2,1-3H3. The van der Waals surface area contributed by atoms with E-state index in [0.29, 0.717) is 40.5 Å². The summed E-state index contributed by atoms with van der Waals surface area (Å²) in [4.78, 5) is 33.0. The van der Waals surface area contributed by atoms with E-state index in [1.54, 1.807) is 13.0 Å². The molecule has 2 aromatic carbocycles. The molecule has 4 aromatic rings. The van der Waals surface area contributed by atoms with Crippen LogP contribution in [0.15, 0.2) is 39.5 Å². The van der Waals surface area contributed by atoms with Gasteiger partial charge in [0.05, 0.1) is 34.8 Å². The van der Waals surface area contributed by atoms with Crippen molar-refractivity contribution < 1.29 is 24.0 Å². The molecule has 0 amide bonds. The quantitative estimate of drug-likeness (QED) is 0.399. The van der Waals surface area contributed by atoms with Crippen LogP contribution in [-0.2, 0) is 17.7 Å². The Morgan fingerprint density at radius 1 is 1.28 bits per heavy atom. The van der Waals surface area contributed by atoms with E-state index in [2.05, 4.69) is 11.9 Å². The van der Waals surface area contributed by atoms with E-state index in [1.807, 2.05) is 31.2 Å². The van der Waals surface area contributed by atoms with Crippen molar-refractivity contribution in [2.75, 3.05) is 13.2 Å². The number of hydrogen-bond acceptors (Lipinski definition) is 7. The SMILES string of the molecule is CCOC(=O)c1oc2c(C[NH+]3CCCCC3C)c([O-])c(CC)cc2c(=O)c1-c1nc2ccccc2s1. The molecular formula is C28H30N2O5S. The summed E-state index contributed by atoms with van der Waals surface area (Å²) in [5, 5.41) is 14.2. The average Bonchev–Trinajstić information content (AvgIpc) is 3.30. The second kappa shape index (κ2) is 10.0. The Labute approximate surface area is 213 Å². The lowest BCUT2D eigenvalue weighted by Crippen LogP contribution is -3.14. The number of para-hydroxylation sites is 1. The van der Waals surface area contributed by atoms with E-state index in [4.69, 9.17) is 9.15 Å².